The first kappa shape index (κ1) is 14.7. The first-order chi connectivity index (χ1) is 10.7. The zero-order chi connectivity index (χ0) is 15.4. The second kappa shape index (κ2) is 6.70. The quantitative estimate of drug-likeness (QED) is 0.761. The molecule has 0 radical (unpaired) electrons. The van der Waals surface area contributed by atoms with Gasteiger partial charge in [0, 0.05) is 26.4 Å². The second-order valence-corrected chi connectivity index (χ2v) is 5.46. The van der Waals surface area contributed by atoms with Crippen molar-refractivity contribution in [1.82, 2.24) is 15.0 Å². The Morgan fingerprint density at radius 2 is 2.14 bits per heavy atom. The molecule has 0 aliphatic carbocycles. The normalized spacial score (nSPS) is 14.9. The average Bonchev–Trinajstić information content (AvgIpc) is 2.91. The van der Waals surface area contributed by atoms with Gasteiger partial charge in [-0.25, -0.2) is 0 Å². The van der Waals surface area contributed by atoms with Crippen LogP contribution in [0.1, 0.15) is 30.1 Å². The fourth-order valence-electron chi connectivity index (χ4n) is 2.35. The molecule has 0 bridgehead atoms. The summed E-state index contributed by atoms with van der Waals surface area (Å²) in [6.45, 7) is 4.04. The first-order valence-corrected chi connectivity index (χ1v) is 7.42. The predicted molar refractivity (Wildman–Crippen MR) is 79.1 cm³/mol. The molecule has 3 rings (SSSR count). The number of amides is 1. The van der Waals surface area contributed by atoms with Gasteiger partial charge in [-0.2, -0.15) is 4.98 Å². The number of benzene rings is 1. The Kier molecular flexibility index (Phi) is 4.48. The van der Waals surface area contributed by atoms with Crippen LogP contribution in [0.2, 0.25) is 0 Å². The van der Waals surface area contributed by atoms with Crippen LogP contribution in [0.4, 0.5) is 0 Å². The van der Waals surface area contributed by atoms with E-state index in [2.05, 4.69) is 10.1 Å². The van der Waals surface area contributed by atoms with E-state index in [1.54, 1.807) is 11.8 Å². The summed E-state index contributed by atoms with van der Waals surface area (Å²) in [5.41, 5.74) is 1.15. The van der Waals surface area contributed by atoms with Gasteiger partial charge < -0.3 is 14.2 Å². The van der Waals surface area contributed by atoms with Crippen LogP contribution < -0.4 is 0 Å². The smallest absolute Gasteiger partial charge is 0.233 e. The first-order valence-electron chi connectivity index (χ1n) is 7.42. The highest BCUT2D eigenvalue weighted by Crippen LogP contribution is 2.25. The van der Waals surface area contributed by atoms with Crippen molar-refractivity contribution in [3.8, 4) is 0 Å². The third kappa shape index (κ3) is 3.51. The summed E-state index contributed by atoms with van der Waals surface area (Å²) in [6.07, 6.45) is 0.624. The summed E-state index contributed by atoms with van der Waals surface area (Å²) in [5.74, 6) is 1.54. The summed E-state index contributed by atoms with van der Waals surface area (Å²) in [7, 11) is 0. The van der Waals surface area contributed by atoms with Crippen LogP contribution in [0.5, 0.6) is 0 Å². The second-order valence-electron chi connectivity index (χ2n) is 5.46. The maximum absolute atomic E-state index is 11.1. The lowest BCUT2D eigenvalue weighted by molar-refractivity contribution is -0.133. The average molecular weight is 301 g/mol. The molecule has 1 aromatic carbocycles. The van der Waals surface area contributed by atoms with Gasteiger partial charge >= 0.3 is 0 Å². The molecule has 0 saturated carbocycles. The minimum Gasteiger partial charge on any atom is -0.376 e. The Bertz CT molecular complexity index is 621. The topological polar surface area (TPSA) is 68.5 Å². The van der Waals surface area contributed by atoms with Crippen LogP contribution in [0, 0.1) is 0 Å². The van der Waals surface area contributed by atoms with Gasteiger partial charge in [0.05, 0.1) is 19.1 Å². The van der Waals surface area contributed by atoms with Gasteiger partial charge in [-0.05, 0) is 5.56 Å². The third-order valence-corrected chi connectivity index (χ3v) is 3.74. The number of aromatic nitrogens is 2. The van der Waals surface area contributed by atoms with Crippen molar-refractivity contribution in [2.75, 3.05) is 19.7 Å². The molecule has 0 N–H and O–H groups in total. The van der Waals surface area contributed by atoms with Gasteiger partial charge in [-0.3, -0.25) is 4.79 Å². The minimum atomic E-state index is 0.0882. The summed E-state index contributed by atoms with van der Waals surface area (Å²) in [6, 6.07) is 10.0. The van der Waals surface area contributed by atoms with Crippen molar-refractivity contribution in [3.05, 3.63) is 47.6 Å². The standard InChI is InChI=1S/C16H19N3O3/c1-12(20)19-9-14(10-19)16-17-15(18-22-16)7-8-21-11-13-5-3-2-4-6-13/h2-6,14H,7-11H2,1H3. The summed E-state index contributed by atoms with van der Waals surface area (Å²) in [5, 5.41) is 3.96. The van der Waals surface area contributed by atoms with E-state index in [0.717, 1.165) is 5.56 Å². The molecule has 1 aliphatic heterocycles. The number of hydrogen-bond acceptors (Lipinski definition) is 5. The minimum absolute atomic E-state index is 0.0882. The fourth-order valence-corrected chi connectivity index (χ4v) is 2.35. The zero-order valence-electron chi connectivity index (χ0n) is 12.6. The van der Waals surface area contributed by atoms with Crippen molar-refractivity contribution in [2.24, 2.45) is 0 Å². The number of ether oxygens (including phenoxy) is 1. The van der Waals surface area contributed by atoms with E-state index in [9.17, 15) is 4.79 Å². The Labute approximate surface area is 129 Å². The van der Waals surface area contributed by atoms with Crippen LogP contribution in [-0.4, -0.2) is 40.6 Å². The van der Waals surface area contributed by atoms with Gasteiger partial charge in [-0.1, -0.05) is 35.5 Å². The largest absolute Gasteiger partial charge is 0.376 e. The van der Waals surface area contributed by atoms with Crippen molar-refractivity contribution in [2.45, 2.75) is 25.9 Å². The van der Waals surface area contributed by atoms with Crippen LogP contribution >= 0.6 is 0 Å². The van der Waals surface area contributed by atoms with E-state index in [4.69, 9.17) is 9.26 Å². The molecule has 6 heteroatoms. The Morgan fingerprint density at radius 3 is 2.86 bits per heavy atom. The Morgan fingerprint density at radius 1 is 1.36 bits per heavy atom. The SMILES string of the molecule is CC(=O)N1CC(c2nc(CCOCc3ccccc3)no2)C1. The Balaban J connectivity index is 1.40. The molecule has 1 saturated heterocycles. The number of likely N-dealkylation sites (tertiary alicyclic amines) is 1. The molecule has 1 fully saturated rings. The van der Waals surface area contributed by atoms with Gasteiger partial charge in [0.25, 0.3) is 0 Å². The van der Waals surface area contributed by atoms with Gasteiger partial charge in [-0.15, -0.1) is 0 Å². The molecule has 1 amide bonds. The van der Waals surface area contributed by atoms with Crippen LogP contribution in [0.3, 0.4) is 0 Å². The number of rotatable bonds is 6. The highest BCUT2D eigenvalue weighted by Gasteiger charge is 2.33. The zero-order valence-corrected chi connectivity index (χ0v) is 12.6. The lowest BCUT2D eigenvalue weighted by Gasteiger charge is -2.36. The summed E-state index contributed by atoms with van der Waals surface area (Å²) < 4.78 is 10.9. The summed E-state index contributed by atoms with van der Waals surface area (Å²) >= 11 is 0. The molecule has 1 aliphatic rings. The van der Waals surface area contributed by atoms with E-state index in [0.29, 0.717) is 44.4 Å². The number of nitrogens with zero attached hydrogens (tertiary/aromatic N) is 3. The molecule has 22 heavy (non-hydrogen) atoms. The van der Waals surface area contributed by atoms with Crippen LogP contribution in [-0.2, 0) is 22.6 Å². The van der Waals surface area contributed by atoms with Crippen molar-refractivity contribution in [3.63, 3.8) is 0 Å². The highest BCUT2D eigenvalue weighted by molar-refractivity contribution is 5.74. The maximum atomic E-state index is 11.1. The Hall–Kier alpha value is -2.21. The molecule has 1 aromatic heterocycles. The van der Waals surface area contributed by atoms with Gasteiger partial charge in [0.2, 0.25) is 11.8 Å². The molecule has 2 heterocycles. The van der Waals surface area contributed by atoms with Crippen LogP contribution in [0.15, 0.2) is 34.9 Å². The van der Waals surface area contributed by atoms with E-state index < -0.39 is 0 Å². The monoisotopic (exact) mass is 301 g/mol. The van der Waals surface area contributed by atoms with E-state index >= 15 is 0 Å². The summed E-state index contributed by atoms with van der Waals surface area (Å²) in [4.78, 5) is 17.3. The number of hydrogen-bond donors (Lipinski definition) is 0. The fraction of sp³-hybridized carbons (Fsp3) is 0.438. The molecule has 0 unspecified atom stereocenters. The molecule has 6 nitrogen and oxygen atoms in total. The van der Waals surface area contributed by atoms with E-state index in [-0.39, 0.29) is 11.8 Å². The van der Waals surface area contributed by atoms with E-state index in [1.165, 1.54) is 0 Å². The van der Waals surface area contributed by atoms with Gasteiger partial charge in [0.1, 0.15) is 0 Å². The lowest BCUT2D eigenvalue weighted by Crippen LogP contribution is -2.47. The van der Waals surface area contributed by atoms with Crippen molar-refractivity contribution < 1.29 is 14.1 Å². The molecule has 0 atom stereocenters. The number of carbonyl (C=O) groups is 1. The molecule has 0 spiro atoms. The lowest BCUT2D eigenvalue weighted by atomic mass is 10.0. The number of carbonyl (C=O) groups excluding carboxylic acids is 1. The predicted octanol–water partition coefficient (Wildman–Crippen LogP) is 1.77. The van der Waals surface area contributed by atoms with Crippen molar-refractivity contribution >= 4 is 5.91 Å². The van der Waals surface area contributed by atoms with E-state index in [1.807, 2.05) is 30.3 Å². The highest BCUT2D eigenvalue weighted by atomic mass is 16.5. The maximum Gasteiger partial charge on any atom is 0.233 e. The molecular formula is C16H19N3O3. The van der Waals surface area contributed by atoms with Gasteiger partial charge in [0.15, 0.2) is 5.82 Å². The van der Waals surface area contributed by atoms with Crippen LogP contribution in [0.25, 0.3) is 0 Å². The molecular weight excluding hydrogens is 282 g/mol. The third-order valence-electron chi connectivity index (χ3n) is 3.74. The van der Waals surface area contributed by atoms with Crippen molar-refractivity contribution in [1.29, 1.82) is 0 Å². The molecule has 2 aromatic rings. The molecule has 116 valence electrons.